The van der Waals surface area contributed by atoms with Crippen molar-refractivity contribution < 1.29 is 4.79 Å². The second-order valence-electron chi connectivity index (χ2n) is 3.84. The maximum Gasteiger partial charge on any atom is 0.265 e. The van der Waals surface area contributed by atoms with Gasteiger partial charge in [-0.1, -0.05) is 18.2 Å². The molecule has 0 aliphatic rings. The molecule has 3 rings (SSSR count). The Labute approximate surface area is 108 Å². The molecule has 0 aliphatic heterocycles. The largest absolute Gasteiger partial charge is 0.320 e. The first-order valence-electron chi connectivity index (χ1n) is 5.53. The predicted molar refractivity (Wildman–Crippen MR) is 74.0 cm³/mol. The summed E-state index contributed by atoms with van der Waals surface area (Å²) in [6.07, 6.45) is 3.31. The molecule has 3 nitrogen and oxygen atoms in total. The van der Waals surface area contributed by atoms with Crippen molar-refractivity contribution in [3.63, 3.8) is 0 Å². The van der Waals surface area contributed by atoms with E-state index in [0.717, 1.165) is 10.1 Å². The van der Waals surface area contributed by atoms with Gasteiger partial charge in [0.05, 0.1) is 16.8 Å². The Morgan fingerprint density at radius 2 is 2.06 bits per heavy atom. The molecule has 2 aromatic heterocycles. The minimum atomic E-state index is -0.0933. The van der Waals surface area contributed by atoms with Gasteiger partial charge < -0.3 is 5.32 Å². The van der Waals surface area contributed by atoms with Crippen molar-refractivity contribution in [1.29, 1.82) is 0 Å². The number of carbonyl (C=O) groups excluding carboxylic acids is 1. The highest BCUT2D eigenvalue weighted by molar-refractivity contribution is 7.20. The van der Waals surface area contributed by atoms with E-state index in [-0.39, 0.29) is 5.91 Å². The summed E-state index contributed by atoms with van der Waals surface area (Å²) in [4.78, 5) is 16.7. The van der Waals surface area contributed by atoms with Crippen LogP contribution in [-0.4, -0.2) is 10.9 Å². The van der Waals surface area contributed by atoms with Crippen LogP contribution in [0, 0.1) is 0 Å². The molecule has 4 heteroatoms. The highest BCUT2D eigenvalue weighted by Gasteiger charge is 2.09. The van der Waals surface area contributed by atoms with Crippen LogP contribution in [0.4, 0.5) is 5.69 Å². The molecule has 0 fully saturated rings. The number of amides is 1. The number of pyridine rings is 1. The average molecular weight is 254 g/mol. The molecule has 0 saturated carbocycles. The Bertz CT molecular complexity index is 658. The van der Waals surface area contributed by atoms with Crippen LogP contribution in [0.5, 0.6) is 0 Å². The van der Waals surface area contributed by atoms with E-state index in [9.17, 15) is 4.79 Å². The molecule has 1 N–H and O–H groups in total. The fourth-order valence-corrected chi connectivity index (χ4v) is 2.68. The van der Waals surface area contributed by atoms with Crippen LogP contribution in [0.2, 0.25) is 0 Å². The number of thiophene rings is 1. The number of anilines is 1. The van der Waals surface area contributed by atoms with Gasteiger partial charge in [0.15, 0.2) is 0 Å². The van der Waals surface area contributed by atoms with E-state index in [2.05, 4.69) is 10.3 Å². The van der Waals surface area contributed by atoms with Gasteiger partial charge in [0.2, 0.25) is 0 Å². The summed E-state index contributed by atoms with van der Waals surface area (Å²) in [6, 6.07) is 13.5. The van der Waals surface area contributed by atoms with Crippen molar-refractivity contribution in [2.45, 2.75) is 0 Å². The van der Waals surface area contributed by atoms with Gasteiger partial charge in [-0.05, 0) is 29.7 Å². The lowest BCUT2D eigenvalue weighted by Gasteiger charge is -2.01. The lowest BCUT2D eigenvalue weighted by molar-refractivity contribution is 0.103. The molecule has 0 spiro atoms. The normalized spacial score (nSPS) is 10.4. The molecule has 2 heterocycles. The summed E-state index contributed by atoms with van der Waals surface area (Å²) in [5, 5.41) is 3.92. The quantitative estimate of drug-likeness (QED) is 0.760. The monoisotopic (exact) mass is 254 g/mol. The van der Waals surface area contributed by atoms with Crippen LogP contribution in [0.1, 0.15) is 9.67 Å². The molecule has 0 bridgehead atoms. The van der Waals surface area contributed by atoms with Gasteiger partial charge in [-0.15, -0.1) is 11.3 Å². The van der Waals surface area contributed by atoms with E-state index in [1.807, 2.05) is 36.4 Å². The van der Waals surface area contributed by atoms with Crippen molar-refractivity contribution in [3.05, 3.63) is 59.7 Å². The van der Waals surface area contributed by atoms with E-state index in [1.165, 1.54) is 11.3 Å². The number of hydrogen-bond acceptors (Lipinski definition) is 3. The summed E-state index contributed by atoms with van der Waals surface area (Å²) in [5.41, 5.74) is 0.708. The Morgan fingerprint density at radius 3 is 2.83 bits per heavy atom. The van der Waals surface area contributed by atoms with E-state index in [0.29, 0.717) is 10.6 Å². The number of hydrogen-bond donors (Lipinski definition) is 1. The first-order chi connectivity index (χ1) is 8.83. The summed E-state index contributed by atoms with van der Waals surface area (Å²) >= 11 is 1.49. The third-order valence-corrected chi connectivity index (χ3v) is 3.68. The summed E-state index contributed by atoms with van der Waals surface area (Å²) in [6.45, 7) is 0. The van der Waals surface area contributed by atoms with Gasteiger partial charge in [0.1, 0.15) is 0 Å². The van der Waals surface area contributed by atoms with E-state index in [4.69, 9.17) is 0 Å². The Morgan fingerprint density at radius 1 is 1.17 bits per heavy atom. The van der Waals surface area contributed by atoms with Gasteiger partial charge in [-0.2, -0.15) is 0 Å². The van der Waals surface area contributed by atoms with Gasteiger partial charge >= 0.3 is 0 Å². The molecular weight excluding hydrogens is 244 g/mol. The molecule has 1 aromatic carbocycles. The van der Waals surface area contributed by atoms with Gasteiger partial charge in [0.25, 0.3) is 5.91 Å². The fourth-order valence-electron chi connectivity index (χ4n) is 1.72. The van der Waals surface area contributed by atoms with Crippen molar-refractivity contribution in [2.24, 2.45) is 0 Å². The van der Waals surface area contributed by atoms with Crippen LogP contribution in [0.25, 0.3) is 10.1 Å². The SMILES string of the molecule is O=C(Nc1cccnc1)c1cc2ccccc2s1. The van der Waals surface area contributed by atoms with E-state index >= 15 is 0 Å². The summed E-state index contributed by atoms with van der Waals surface area (Å²) < 4.78 is 1.12. The zero-order valence-corrected chi connectivity index (χ0v) is 10.3. The highest BCUT2D eigenvalue weighted by Crippen LogP contribution is 2.25. The minimum absolute atomic E-state index is 0.0933. The molecule has 0 saturated heterocycles. The third-order valence-electron chi connectivity index (χ3n) is 2.57. The summed E-state index contributed by atoms with van der Waals surface area (Å²) in [5.74, 6) is -0.0933. The lowest BCUT2D eigenvalue weighted by Crippen LogP contribution is -2.09. The first-order valence-corrected chi connectivity index (χ1v) is 6.34. The Balaban J connectivity index is 1.88. The molecule has 0 atom stereocenters. The summed E-state index contributed by atoms with van der Waals surface area (Å²) in [7, 11) is 0. The maximum atomic E-state index is 12.1. The molecular formula is C14H10N2OS. The first kappa shape index (κ1) is 10.9. The molecule has 1 amide bonds. The van der Waals surface area contributed by atoms with Crippen LogP contribution in [-0.2, 0) is 0 Å². The second kappa shape index (κ2) is 4.58. The number of nitrogens with one attached hydrogen (secondary N) is 1. The topological polar surface area (TPSA) is 42.0 Å². The zero-order valence-electron chi connectivity index (χ0n) is 9.46. The van der Waals surface area contributed by atoms with Crippen LogP contribution in [0.3, 0.4) is 0 Å². The molecule has 18 heavy (non-hydrogen) atoms. The number of benzene rings is 1. The van der Waals surface area contributed by atoms with Crippen molar-refractivity contribution >= 4 is 33.0 Å². The molecule has 0 radical (unpaired) electrons. The fraction of sp³-hybridized carbons (Fsp3) is 0. The van der Waals surface area contributed by atoms with Crippen molar-refractivity contribution in [1.82, 2.24) is 4.98 Å². The maximum absolute atomic E-state index is 12.1. The minimum Gasteiger partial charge on any atom is -0.320 e. The average Bonchev–Trinajstić information content (AvgIpc) is 2.84. The molecule has 0 unspecified atom stereocenters. The Hall–Kier alpha value is -2.20. The standard InChI is InChI=1S/C14H10N2OS/c17-14(16-11-5-3-7-15-9-11)13-8-10-4-1-2-6-12(10)18-13/h1-9H,(H,16,17). The number of nitrogens with zero attached hydrogens (tertiary/aromatic N) is 1. The van der Waals surface area contributed by atoms with Gasteiger partial charge in [0, 0.05) is 10.9 Å². The third kappa shape index (κ3) is 2.10. The lowest BCUT2D eigenvalue weighted by atomic mass is 10.2. The van der Waals surface area contributed by atoms with Crippen molar-refractivity contribution in [3.8, 4) is 0 Å². The van der Waals surface area contributed by atoms with E-state index in [1.54, 1.807) is 18.5 Å². The van der Waals surface area contributed by atoms with E-state index < -0.39 is 0 Å². The number of carbonyl (C=O) groups is 1. The Kier molecular flexibility index (Phi) is 2.78. The number of rotatable bonds is 2. The van der Waals surface area contributed by atoms with Crippen LogP contribution in [0.15, 0.2) is 54.9 Å². The number of aromatic nitrogens is 1. The smallest absolute Gasteiger partial charge is 0.265 e. The van der Waals surface area contributed by atoms with Crippen LogP contribution < -0.4 is 5.32 Å². The van der Waals surface area contributed by atoms with Crippen LogP contribution >= 0.6 is 11.3 Å². The predicted octanol–water partition coefficient (Wildman–Crippen LogP) is 3.55. The molecule has 88 valence electrons. The highest BCUT2D eigenvalue weighted by atomic mass is 32.1. The molecule has 0 aliphatic carbocycles. The molecule has 3 aromatic rings. The van der Waals surface area contributed by atoms with Gasteiger partial charge in [-0.3, -0.25) is 9.78 Å². The zero-order chi connectivity index (χ0) is 12.4. The number of fused-ring (bicyclic) bond motifs is 1. The second-order valence-corrected chi connectivity index (χ2v) is 4.93. The van der Waals surface area contributed by atoms with Gasteiger partial charge in [-0.25, -0.2) is 0 Å². The van der Waals surface area contributed by atoms with Crippen molar-refractivity contribution in [2.75, 3.05) is 5.32 Å².